The van der Waals surface area contributed by atoms with Gasteiger partial charge >= 0.3 is 0 Å². The summed E-state index contributed by atoms with van der Waals surface area (Å²) < 4.78 is 1.71. The van der Waals surface area contributed by atoms with Crippen LogP contribution in [0.3, 0.4) is 0 Å². The number of halogens is 2. The van der Waals surface area contributed by atoms with E-state index in [1.807, 2.05) is 0 Å². The van der Waals surface area contributed by atoms with E-state index in [9.17, 15) is 9.59 Å². The van der Waals surface area contributed by atoms with Crippen LogP contribution < -0.4 is 5.32 Å². The minimum Gasteiger partial charge on any atom is -0.324 e. The van der Waals surface area contributed by atoms with Gasteiger partial charge in [0.05, 0.1) is 34.7 Å². The third-order valence-corrected chi connectivity index (χ3v) is 5.90. The van der Waals surface area contributed by atoms with Gasteiger partial charge in [0.25, 0.3) is 0 Å². The van der Waals surface area contributed by atoms with Gasteiger partial charge in [-0.15, -0.1) is 9.90 Å². The van der Waals surface area contributed by atoms with E-state index < -0.39 is 5.92 Å². The number of nitrogens with one attached hydrogen (secondary N) is 1. The summed E-state index contributed by atoms with van der Waals surface area (Å²) in [5.41, 5.74) is 2.63. The molecule has 4 aromatic heterocycles. The third kappa shape index (κ3) is 3.32. The van der Waals surface area contributed by atoms with Gasteiger partial charge in [0.1, 0.15) is 5.69 Å². The van der Waals surface area contributed by atoms with Gasteiger partial charge in [0.2, 0.25) is 5.91 Å². The lowest BCUT2D eigenvalue weighted by molar-refractivity contribution is -0.117. The predicted octanol–water partition coefficient (Wildman–Crippen LogP) is 3.23. The first-order chi connectivity index (χ1) is 15.3. The molecular weight excluding hydrogens is 455 g/mol. The maximum absolute atomic E-state index is 13.2. The van der Waals surface area contributed by atoms with Gasteiger partial charge in [-0.25, -0.2) is 14.5 Å². The van der Waals surface area contributed by atoms with Gasteiger partial charge in [-0.2, -0.15) is 10.2 Å². The number of aromatic nitrogens is 7. The summed E-state index contributed by atoms with van der Waals surface area (Å²) in [4.78, 5) is 33.8. The van der Waals surface area contributed by atoms with Crippen molar-refractivity contribution in [1.82, 2.24) is 34.6 Å². The maximum Gasteiger partial charge on any atom is 0.232 e. The normalized spacial score (nSPS) is 16.8. The van der Waals surface area contributed by atoms with Gasteiger partial charge in [-0.1, -0.05) is 37.0 Å². The molecule has 4 heterocycles. The van der Waals surface area contributed by atoms with Gasteiger partial charge in [0.15, 0.2) is 22.9 Å². The molecule has 12 heteroatoms. The predicted molar refractivity (Wildman–Crippen MR) is 117 cm³/mol. The molecule has 0 saturated carbocycles. The molecular formula is C20H16Cl2N8O2. The molecule has 1 unspecified atom stereocenters. The Kier molecular flexibility index (Phi) is 4.72. The molecule has 0 aromatic carbocycles. The number of anilines is 1. The molecule has 0 aliphatic heterocycles. The third-order valence-electron chi connectivity index (χ3n) is 5.44. The molecule has 0 radical (unpaired) electrons. The molecule has 1 atom stereocenters. The van der Waals surface area contributed by atoms with E-state index in [0.717, 1.165) is 16.1 Å². The summed E-state index contributed by atoms with van der Waals surface area (Å²) in [7, 11) is 0. The second-order valence-corrected chi connectivity index (χ2v) is 8.93. The molecule has 0 fully saturated rings. The van der Waals surface area contributed by atoms with E-state index in [-0.39, 0.29) is 27.9 Å². The van der Waals surface area contributed by atoms with Crippen LogP contribution in [0.1, 0.15) is 47.9 Å². The number of carbonyl (C=O) groups excluding carboxylic acids is 2. The zero-order valence-electron chi connectivity index (χ0n) is 17.0. The summed E-state index contributed by atoms with van der Waals surface area (Å²) in [5.74, 6) is -0.393. The number of rotatable bonds is 4. The van der Waals surface area contributed by atoms with Crippen molar-refractivity contribution in [1.29, 1.82) is 0 Å². The lowest BCUT2D eigenvalue weighted by Crippen LogP contribution is -2.21. The number of nitrogens with zero attached hydrogens (tertiary/aromatic N) is 7. The van der Waals surface area contributed by atoms with Crippen LogP contribution in [0.15, 0.2) is 30.7 Å². The standard InChI is InChI=1S/C20H16Cl2N8O2/c1-20(2)5-12(13-8-23-16-4-15(22)28-29(16)17(13)20)19(32)26-10-3-14(21)18(24-6-10)30-25-7-11(9-31)27-30/h3-4,6-9,12H,5H2,1-2H3,(H,26,32). The van der Waals surface area contributed by atoms with Crippen molar-refractivity contribution in [2.24, 2.45) is 0 Å². The summed E-state index contributed by atoms with van der Waals surface area (Å²) >= 11 is 12.4. The molecule has 32 heavy (non-hydrogen) atoms. The van der Waals surface area contributed by atoms with Crippen LogP contribution in [0, 0.1) is 0 Å². The van der Waals surface area contributed by atoms with Crippen molar-refractivity contribution in [3.63, 3.8) is 0 Å². The van der Waals surface area contributed by atoms with Gasteiger partial charge in [0, 0.05) is 23.2 Å². The van der Waals surface area contributed by atoms with Crippen LogP contribution in [-0.4, -0.2) is 46.8 Å². The highest BCUT2D eigenvalue weighted by atomic mass is 35.5. The number of carbonyl (C=O) groups is 2. The Balaban J connectivity index is 1.43. The minimum absolute atomic E-state index is 0.156. The van der Waals surface area contributed by atoms with E-state index >= 15 is 0 Å². The number of pyridine rings is 1. The number of amides is 1. The fraction of sp³-hybridized carbons (Fsp3) is 0.250. The summed E-state index contributed by atoms with van der Waals surface area (Å²) in [6, 6.07) is 3.24. The van der Waals surface area contributed by atoms with Crippen molar-refractivity contribution >= 4 is 46.7 Å². The first-order valence-electron chi connectivity index (χ1n) is 9.66. The summed E-state index contributed by atoms with van der Waals surface area (Å²) in [6.45, 7) is 4.12. The molecule has 1 N–H and O–H groups in total. The van der Waals surface area contributed by atoms with Crippen LogP contribution in [0.25, 0.3) is 11.5 Å². The van der Waals surface area contributed by atoms with Gasteiger partial charge in [-0.3, -0.25) is 9.59 Å². The minimum atomic E-state index is -0.429. The molecule has 4 aromatic rings. The SMILES string of the molecule is CC1(C)CC(C(=O)Nc2cnc(-n3ncc(C=O)n3)c(Cl)c2)c2cnc3cc(Cl)nn3c21. The largest absolute Gasteiger partial charge is 0.324 e. The average Bonchev–Trinajstić information content (AvgIpc) is 3.42. The number of fused-ring (bicyclic) bond motifs is 3. The van der Waals surface area contributed by atoms with Crippen molar-refractivity contribution in [3.8, 4) is 5.82 Å². The Morgan fingerprint density at radius 2 is 2.00 bits per heavy atom. The monoisotopic (exact) mass is 470 g/mol. The topological polar surface area (TPSA) is 120 Å². The molecule has 1 aliphatic rings. The van der Waals surface area contributed by atoms with Crippen LogP contribution in [0.2, 0.25) is 10.2 Å². The van der Waals surface area contributed by atoms with Crippen LogP contribution in [0.4, 0.5) is 5.69 Å². The first kappa shape index (κ1) is 20.5. The second-order valence-electron chi connectivity index (χ2n) is 8.14. The quantitative estimate of drug-likeness (QED) is 0.454. The van der Waals surface area contributed by atoms with Gasteiger partial charge in [-0.05, 0) is 12.5 Å². The van der Waals surface area contributed by atoms with Crippen molar-refractivity contribution in [2.75, 3.05) is 5.32 Å². The highest BCUT2D eigenvalue weighted by molar-refractivity contribution is 6.32. The first-order valence-corrected chi connectivity index (χ1v) is 10.4. The van der Waals surface area contributed by atoms with E-state index in [1.165, 1.54) is 12.4 Å². The zero-order chi connectivity index (χ0) is 22.6. The molecule has 0 spiro atoms. The fourth-order valence-electron chi connectivity index (χ4n) is 4.11. The fourth-order valence-corrected chi connectivity index (χ4v) is 4.52. The molecule has 162 valence electrons. The number of hydrogen-bond acceptors (Lipinski definition) is 7. The number of aldehydes is 1. The molecule has 1 amide bonds. The van der Waals surface area contributed by atoms with Gasteiger partial charge < -0.3 is 5.32 Å². The average molecular weight is 471 g/mol. The Morgan fingerprint density at radius 3 is 2.72 bits per heavy atom. The van der Waals surface area contributed by atoms with E-state index in [4.69, 9.17) is 23.2 Å². The summed E-state index contributed by atoms with van der Waals surface area (Å²) in [5, 5.41) is 15.7. The van der Waals surface area contributed by atoms with Crippen LogP contribution >= 0.6 is 23.2 Å². The zero-order valence-corrected chi connectivity index (χ0v) is 18.5. The van der Waals surface area contributed by atoms with Crippen molar-refractivity contribution in [2.45, 2.75) is 31.6 Å². The van der Waals surface area contributed by atoms with E-state index in [1.54, 1.807) is 22.8 Å². The molecule has 5 rings (SSSR count). The van der Waals surface area contributed by atoms with Crippen LogP contribution in [0.5, 0.6) is 0 Å². The lowest BCUT2D eigenvalue weighted by Gasteiger charge is -2.19. The second kappa shape index (κ2) is 7.35. The van der Waals surface area contributed by atoms with Crippen molar-refractivity contribution in [3.05, 3.63) is 57.9 Å². The Hall–Kier alpha value is -3.37. The molecule has 0 saturated heterocycles. The molecule has 0 bridgehead atoms. The van der Waals surface area contributed by atoms with Crippen molar-refractivity contribution < 1.29 is 9.59 Å². The van der Waals surface area contributed by atoms with E-state index in [2.05, 4.69) is 44.4 Å². The Bertz CT molecular complexity index is 1390. The highest BCUT2D eigenvalue weighted by Crippen LogP contribution is 2.46. The highest BCUT2D eigenvalue weighted by Gasteiger charge is 2.43. The summed E-state index contributed by atoms with van der Waals surface area (Å²) in [6.07, 6.45) is 5.63. The smallest absolute Gasteiger partial charge is 0.232 e. The van der Waals surface area contributed by atoms with E-state index in [0.29, 0.717) is 29.2 Å². The number of hydrogen-bond donors (Lipinski definition) is 1. The molecule has 1 aliphatic carbocycles. The lowest BCUT2D eigenvalue weighted by atomic mass is 9.88. The van der Waals surface area contributed by atoms with Crippen LogP contribution in [-0.2, 0) is 10.2 Å². The maximum atomic E-state index is 13.2. The Morgan fingerprint density at radius 1 is 1.19 bits per heavy atom. The Labute approximate surface area is 191 Å². The molecule has 10 nitrogen and oxygen atoms in total.